The molecule has 5 nitrogen and oxygen atoms in total. The molecule has 1 rings (SSSR count). The number of nitrogen functional groups attached to an aromatic ring is 1. The Labute approximate surface area is 88.6 Å². The largest absolute Gasteiger partial charge is 0.396 e. The third-order valence-corrected chi connectivity index (χ3v) is 1.93. The van der Waals surface area contributed by atoms with E-state index in [0.717, 1.165) is 0 Å². The first-order chi connectivity index (χ1) is 7.08. The van der Waals surface area contributed by atoms with Gasteiger partial charge in [0.05, 0.1) is 11.7 Å². The van der Waals surface area contributed by atoms with E-state index in [0.29, 0.717) is 12.2 Å². The summed E-state index contributed by atoms with van der Waals surface area (Å²) in [5.74, 6) is 2.06. The molecule has 80 valence electrons. The molecule has 1 atom stereocenters. The molecule has 1 aromatic rings. The van der Waals surface area contributed by atoms with Crippen LogP contribution in [-0.4, -0.2) is 21.7 Å². The summed E-state index contributed by atoms with van der Waals surface area (Å²) in [6.45, 7) is 4.30. The molecule has 0 saturated carbocycles. The Morgan fingerprint density at radius 2 is 2.53 bits per heavy atom. The van der Waals surface area contributed by atoms with Crippen LogP contribution in [0.4, 0.5) is 5.69 Å². The molecule has 1 unspecified atom stereocenters. The molecule has 3 N–H and O–H groups in total. The van der Waals surface area contributed by atoms with Crippen molar-refractivity contribution >= 4 is 11.6 Å². The number of hydrogen-bond donors (Lipinski definition) is 2. The predicted octanol–water partition coefficient (Wildman–Crippen LogP) is 0.237. The highest BCUT2D eigenvalue weighted by Crippen LogP contribution is 2.08. The topological polar surface area (TPSA) is 72.9 Å². The first-order valence-electron chi connectivity index (χ1n) is 4.68. The van der Waals surface area contributed by atoms with Crippen molar-refractivity contribution in [2.24, 2.45) is 0 Å². The minimum absolute atomic E-state index is 0.221. The fourth-order valence-electron chi connectivity index (χ4n) is 1.08. The SMILES string of the molecule is C#CC(C)NC(=O)c1nn(CC)cc1N. The maximum Gasteiger partial charge on any atom is 0.274 e. The standard InChI is InChI=1S/C10H14N4O/c1-4-7(3)12-10(15)9-8(11)6-14(5-2)13-9/h1,6-7H,5,11H2,2-3H3,(H,12,15). The molecule has 0 aliphatic heterocycles. The van der Waals surface area contributed by atoms with Crippen LogP contribution in [0.25, 0.3) is 0 Å². The molecular formula is C10H14N4O. The van der Waals surface area contributed by atoms with Crippen LogP contribution >= 0.6 is 0 Å². The van der Waals surface area contributed by atoms with Crippen molar-refractivity contribution in [1.82, 2.24) is 15.1 Å². The van der Waals surface area contributed by atoms with Crippen LogP contribution in [0.5, 0.6) is 0 Å². The summed E-state index contributed by atoms with van der Waals surface area (Å²) in [5, 5.41) is 6.62. The third kappa shape index (κ3) is 2.50. The fraction of sp³-hybridized carbons (Fsp3) is 0.400. The summed E-state index contributed by atoms with van der Waals surface area (Å²) in [6.07, 6.45) is 6.77. The lowest BCUT2D eigenvalue weighted by Gasteiger charge is -2.05. The molecule has 0 fully saturated rings. The lowest BCUT2D eigenvalue weighted by atomic mass is 10.3. The number of rotatable bonds is 3. The first-order valence-corrected chi connectivity index (χ1v) is 4.68. The van der Waals surface area contributed by atoms with E-state index in [4.69, 9.17) is 12.2 Å². The Kier molecular flexibility index (Phi) is 3.34. The molecule has 0 radical (unpaired) electrons. The van der Waals surface area contributed by atoms with Gasteiger partial charge < -0.3 is 11.1 Å². The van der Waals surface area contributed by atoms with E-state index in [1.54, 1.807) is 17.8 Å². The van der Waals surface area contributed by atoms with Gasteiger partial charge in [-0.1, -0.05) is 5.92 Å². The average molecular weight is 206 g/mol. The highest BCUT2D eigenvalue weighted by Gasteiger charge is 2.15. The normalized spacial score (nSPS) is 11.8. The highest BCUT2D eigenvalue weighted by atomic mass is 16.2. The molecule has 5 heteroatoms. The highest BCUT2D eigenvalue weighted by molar-refractivity contribution is 5.97. The van der Waals surface area contributed by atoms with Crippen molar-refractivity contribution in [2.45, 2.75) is 26.4 Å². The molecule has 1 aromatic heterocycles. The van der Waals surface area contributed by atoms with Crippen molar-refractivity contribution in [1.29, 1.82) is 0 Å². The van der Waals surface area contributed by atoms with Gasteiger partial charge >= 0.3 is 0 Å². The quantitative estimate of drug-likeness (QED) is 0.696. The van der Waals surface area contributed by atoms with Gasteiger partial charge in [0.15, 0.2) is 5.69 Å². The summed E-state index contributed by atoms with van der Waals surface area (Å²) in [4.78, 5) is 11.6. The summed E-state index contributed by atoms with van der Waals surface area (Å²) >= 11 is 0. The fourth-order valence-corrected chi connectivity index (χ4v) is 1.08. The van der Waals surface area contributed by atoms with Crippen molar-refractivity contribution in [3.05, 3.63) is 11.9 Å². The van der Waals surface area contributed by atoms with E-state index in [-0.39, 0.29) is 17.6 Å². The van der Waals surface area contributed by atoms with E-state index in [2.05, 4.69) is 16.3 Å². The van der Waals surface area contributed by atoms with Gasteiger partial charge in [-0.25, -0.2) is 0 Å². The van der Waals surface area contributed by atoms with E-state index in [1.807, 2.05) is 6.92 Å². The number of carbonyl (C=O) groups excluding carboxylic acids is 1. The maximum absolute atomic E-state index is 11.6. The number of nitrogens with one attached hydrogen (secondary N) is 1. The molecule has 1 heterocycles. The van der Waals surface area contributed by atoms with Crippen LogP contribution in [0.1, 0.15) is 24.3 Å². The van der Waals surface area contributed by atoms with Gasteiger partial charge in [-0.3, -0.25) is 9.48 Å². The molecule has 0 spiro atoms. The number of aryl methyl sites for hydroxylation is 1. The van der Waals surface area contributed by atoms with Crippen molar-refractivity contribution < 1.29 is 4.79 Å². The van der Waals surface area contributed by atoms with E-state index < -0.39 is 0 Å². The van der Waals surface area contributed by atoms with Crippen LogP contribution in [0.3, 0.4) is 0 Å². The minimum Gasteiger partial charge on any atom is -0.396 e. The average Bonchev–Trinajstić information content (AvgIpc) is 2.59. The molecule has 0 aromatic carbocycles. The Morgan fingerprint density at radius 3 is 3.00 bits per heavy atom. The van der Waals surface area contributed by atoms with E-state index in [1.165, 1.54) is 0 Å². The van der Waals surface area contributed by atoms with Crippen LogP contribution in [0.15, 0.2) is 6.20 Å². The number of terminal acetylenes is 1. The second-order valence-electron chi connectivity index (χ2n) is 3.15. The molecule has 0 saturated heterocycles. The monoisotopic (exact) mass is 206 g/mol. The van der Waals surface area contributed by atoms with Gasteiger partial charge in [0, 0.05) is 12.7 Å². The second kappa shape index (κ2) is 4.51. The lowest BCUT2D eigenvalue weighted by molar-refractivity contribution is 0.0943. The molecular weight excluding hydrogens is 192 g/mol. The molecule has 0 aliphatic carbocycles. The Hall–Kier alpha value is -1.96. The number of hydrogen-bond acceptors (Lipinski definition) is 3. The zero-order valence-corrected chi connectivity index (χ0v) is 8.82. The number of amides is 1. The van der Waals surface area contributed by atoms with E-state index >= 15 is 0 Å². The number of nitrogens with zero attached hydrogens (tertiary/aromatic N) is 2. The van der Waals surface area contributed by atoms with Gasteiger partial charge in [0.2, 0.25) is 0 Å². The number of aromatic nitrogens is 2. The lowest BCUT2D eigenvalue weighted by Crippen LogP contribution is -2.32. The Balaban J connectivity index is 2.82. The molecule has 15 heavy (non-hydrogen) atoms. The second-order valence-corrected chi connectivity index (χ2v) is 3.15. The van der Waals surface area contributed by atoms with Gasteiger partial charge in [-0.05, 0) is 13.8 Å². The van der Waals surface area contributed by atoms with E-state index in [9.17, 15) is 4.79 Å². The number of carbonyl (C=O) groups is 1. The van der Waals surface area contributed by atoms with Crippen LogP contribution < -0.4 is 11.1 Å². The first kappa shape index (κ1) is 11.1. The third-order valence-electron chi connectivity index (χ3n) is 1.93. The number of anilines is 1. The summed E-state index contributed by atoms with van der Waals surface area (Å²) in [6, 6.07) is -0.330. The van der Waals surface area contributed by atoms with Crippen molar-refractivity contribution in [3.8, 4) is 12.3 Å². The molecule has 0 bridgehead atoms. The van der Waals surface area contributed by atoms with Crippen molar-refractivity contribution in [3.63, 3.8) is 0 Å². The van der Waals surface area contributed by atoms with Crippen LogP contribution in [-0.2, 0) is 6.54 Å². The molecule has 0 aliphatic rings. The van der Waals surface area contributed by atoms with Crippen LogP contribution in [0, 0.1) is 12.3 Å². The van der Waals surface area contributed by atoms with Gasteiger partial charge in [-0.2, -0.15) is 5.10 Å². The maximum atomic E-state index is 11.6. The predicted molar refractivity (Wildman–Crippen MR) is 58.1 cm³/mol. The zero-order valence-electron chi connectivity index (χ0n) is 8.82. The minimum atomic E-state index is -0.342. The van der Waals surface area contributed by atoms with Crippen LogP contribution in [0.2, 0.25) is 0 Å². The Morgan fingerprint density at radius 1 is 1.87 bits per heavy atom. The number of nitrogens with two attached hydrogens (primary N) is 1. The Bertz CT molecular complexity index is 402. The molecule has 1 amide bonds. The summed E-state index contributed by atoms with van der Waals surface area (Å²) < 4.78 is 1.60. The van der Waals surface area contributed by atoms with Gasteiger partial charge in [-0.15, -0.1) is 6.42 Å². The van der Waals surface area contributed by atoms with Gasteiger partial charge in [0.1, 0.15) is 0 Å². The van der Waals surface area contributed by atoms with Gasteiger partial charge in [0.25, 0.3) is 5.91 Å². The van der Waals surface area contributed by atoms with Crippen molar-refractivity contribution in [2.75, 3.05) is 5.73 Å². The smallest absolute Gasteiger partial charge is 0.274 e. The summed E-state index contributed by atoms with van der Waals surface area (Å²) in [5.41, 5.74) is 6.22. The zero-order chi connectivity index (χ0) is 11.4. The summed E-state index contributed by atoms with van der Waals surface area (Å²) in [7, 11) is 0.